The molecule has 1 rings (SSSR count). The van der Waals surface area contributed by atoms with Gasteiger partial charge in [0.2, 0.25) is 0 Å². The Hall–Kier alpha value is -0.130. The molecule has 0 aromatic rings. The number of sulfone groups is 1. The average molecular weight is 305 g/mol. The van der Waals surface area contributed by atoms with Gasteiger partial charge >= 0.3 is 0 Å². The predicted molar refractivity (Wildman–Crippen MR) is 85.7 cm³/mol. The van der Waals surface area contributed by atoms with Crippen molar-refractivity contribution in [3.63, 3.8) is 0 Å². The minimum absolute atomic E-state index is 0.0620. The lowest BCUT2D eigenvalue weighted by molar-refractivity contribution is 0.0735. The van der Waals surface area contributed by atoms with Crippen molar-refractivity contribution >= 4 is 9.84 Å². The van der Waals surface area contributed by atoms with E-state index < -0.39 is 9.84 Å². The second-order valence-corrected chi connectivity index (χ2v) is 8.46. The van der Waals surface area contributed by atoms with Crippen LogP contribution in [0.4, 0.5) is 0 Å². The molecule has 0 spiro atoms. The van der Waals surface area contributed by atoms with Crippen LogP contribution in [-0.2, 0) is 9.84 Å². The SMILES string of the molecule is CCC(CC)(C(N)CCCS(=O)(=O)CC)N1CCCC1. The molecule has 5 heteroatoms. The van der Waals surface area contributed by atoms with Crippen LogP contribution in [0, 0.1) is 0 Å². The van der Waals surface area contributed by atoms with E-state index in [1.165, 1.54) is 12.8 Å². The van der Waals surface area contributed by atoms with Gasteiger partial charge in [-0.15, -0.1) is 0 Å². The van der Waals surface area contributed by atoms with Crippen LogP contribution >= 0.6 is 0 Å². The standard InChI is InChI=1S/C15H32N2O2S/c1-4-15(5-2,17-11-7-8-12-17)14(16)10-9-13-20(18,19)6-3/h14H,4-13,16H2,1-3H3. The molecule has 4 nitrogen and oxygen atoms in total. The van der Waals surface area contributed by atoms with Crippen molar-refractivity contribution in [1.29, 1.82) is 0 Å². The zero-order valence-electron chi connectivity index (χ0n) is 13.4. The summed E-state index contributed by atoms with van der Waals surface area (Å²) >= 11 is 0. The summed E-state index contributed by atoms with van der Waals surface area (Å²) in [5.41, 5.74) is 6.55. The quantitative estimate of drug-likeness (QED) is 0.709. The molecular formula is C15H32N2O2S. The van der Waals surface area contributed by atoms with Crippen LogP contribution in [-0.4, -0.2) is 49.5 Å². The number of likely N-dealkylation sites (tertiary alicyclic amines) is 1. The minimum Gasteiger partial charge on any atom is -0.326 e. The maximum Gasteiger partial charge on any atom is 0.150 e. The third kappa shape index (κ3) is 4.18. The molecule has 0 aliphatic carbocycles. The average Bonchev–Trinajstić information content (AvgIpc) is 2.95. The number of nitrogens with zero attached hydrogens (tertiary/aromatic N) is 1. The highest BCUT2D eigenvalue weighted by Crippen LogP contribution is 2.32. The Bertz CT molecular complexity index is 371. The van der Waals surface area contributed by atoms with Crippen LogP contribution in [0.1, 0.15) is 59.3 Å². The lowest BCUT2D eigenvalue weighted by atomic mass is 9.81. The van der Waals surface area contributed by atoms with Crippen molar-refractivity contribution in [2.24, 2.45) is 5.73 Å². The monoisotopic (exact) mass is 304 g/mol. The first-order valence-corrected chi connectivity index (χ1v) is 9.95. The zero-order chi connectivity index (χ0) is 15.2. The summed E-state index contributed by atoms with van der Waals surface area (Å²) < 4.78 is 23.1. The Morgan fingerprint density at radius 1 is 1.15 bits per heavy atom. The molecule has 2 N–H and O–H groups in total. The molecule has 0 bridgehead atoms. The molecular weight excluding hydrogens is 272 g/mol. The van der Waals surface area contributed by atoms with E-state index in [1.54, 1.807) is 6.92 Å². The van der Waals surface area contributed by atoms with Crippen molar-refractivity contribution in [2.45, 2.75) is 70.9 Å². The van der Waals surface area contributed by atoms with Crippen molar-refractivity contribution in [3.8, 4) is 0 Å². The number of nitrogens with two attached hydrogens (primary N) is 1. The molecule has 0 radical (unpaired) electrons. The number of rotatable bonds is 9. The van der Waals surface area contributed by atoms with Gasteiger partial charge in [-0.25, -0.2) is 8.42 Å². The van der Waals surface area contributed by atoms with Crippen LogP contribution in [0.3, 0.4) is 0 Å². The first kappa shape index (κ1) is 17.9. The van der Waals surface area contributed by atoms with Gasteiger partial charge in [-0.3, -0.25) is 4.90 Å². The van der Waals surface area contributed by atoms with E-state index in [2.05, 4.69) is 18.7 Å². The van der Waals surface area contributed by atoms with Crippen LogP contribution in [0.25, 0.3) is 0 Å². The molecule has 1 saturated heterocycles. The van der Waals surface area contributed by atoms with Gasteiger partial charge in [0.1, 0.15) is 9.84 Å². The Labute approximate surface area is 125 Å². The van der Waals surface area contributed by atoms with Crippen molar-refractivity contribution in [2.75, 3.05) is 24.6 Å². The fraction of sp³-hybridized carbons (Fsp3) is 1.00. The molecule has 120 valence electrons. The van der Waals surface area contributed by atoms with Gasteiger partial charge in [0.05, 0.1) is 5.75 Å². The van der Waals surface area contributed by atoms with Gasteiger partial charge in [0.15, 0.2) is 0 Å². The Kier molecular flexibility index (Phi) is 6.95. The molecule has 0 aromatic heterocycles. The molecule has 1 fully saturated rings. The highest BCUT2D eigenvalue weighted by molar-refractivity contribution is 7.91. The summed E-state index contributed by atoms with van der Waals surface area (Å²) in [7, 11) is -2.86. The van der Waals surface area contributed by atoms with E-state index in [9.17, 15) is 8.42 Å². The molecule has 0 saturated carbocycles. The van der Waals surface area contributed by atoms with Crippen molar-refractivity contribution < 1.29 is 8.42 Å². The molecule has 0 aromatic carbocycles. The summed E-state index contributed by atoms with van der Waals surface area (Å²) in [5, 5.41) is 0. The van der Waals surface area contributed by atoms with E-state index in [-0.39, 0.29) is 23.1 Å². The maximum absolute atomic E-state index is 11.6. The first-order valence-electron chi connectivity index (χ1n) is 8.13. The summed E-state index contributed by atoms with van der Waals surface area (Å²) in [6.45, 7) is 8.42. The topological polar surface area (TPSA) is 63.4 Å². The van der Waals surface area contributed by atoms with Gasteiger partial charge in [0, 0.05) is 17.3 Å². The van der Waals surface area contributed by atoms with Crippen molar-refractivity contribution in [3.05, 3.63) is 0 Å². The lowest BCUT2D eigenvalue weighted by Crippen LogP contribution is -2.58. The fourth-order valence-corrected chi connectivity index (χ4v) is 4.45. The molecule has 1 heterocycles. The normalized spacial score (nSPS) is 19.4. The van der Waals surface area contributed by atoms with Gasteiger partial charge in [-0.2, -0.15) is 0 Å². The number of hydrogen-bond acceptors (Lipinski definition) is 4. The van der Waals surface area contributed by atoms with E-state index in [0.717, 1.165) is 32.4 Å². The second kappa shape index (κ2) is 7.76. The second-order valence-electron chi connectivity index (χ2n) is 5.99. The molecule has 1 atom stereocenters. The summed E-state index contributed by atoms with van der Waals surface area (Å²) in [4.78, 5) is 2.55. The first-order chi connectivity index (χ1) is 9.41. The largest absolute Gasteiger partial charge is 0.326 e. The Morgan fingerprint density at radius 2 is 1.70 bits per heavy atom. The van der Waals surface area contributed by atoms with Crippen LogP contribution < -0.4 is 5.73 Å². The van der Waals surface area contributed by atoms with Gasteiger partial charge < -0.3 is 5.73 Å². The molecule has 20 heavy (non-hydrogen) atoms. The summed E-state index contributed by atoms with van der Waals surface area (Å²) in [5.74, 6) is 0.516. The molecule has 1 unspecified atom stereocenters. The van der Waals surface area contributed by atoms with Gasteiger partial charge in [-0.1, -0.05) is 20.8 Å². The summed E-state index contributed by atoms with van der Waals surface area (Å²) in [6, 6.07) is 0.0719. The van der Waals surface area contributed by atoms with E-state index in [1.807, 2.05) is 0 Å². The fourth-order valence-electron chi connectivity index (χ4n) is 3.55. The third-order valence-corrected chi connectivity index (χ3v) is 6.85. The van der Waals surface area contributed by atoms with Crippen LogP contribution in [0.5, 0.6) is 0 Å². The van der Waals surface area contributed by atoms with Gasteiger partial charge in [-0.05, 0) is 51.6 Å². The Balaban J connectivity index is 2.62. The van der Waals surface area contributed by atoms with Gasteiger partial charge in [0.25, 0.3) is 0 Å². The third-order valence-electron chi connectivity index (χ3n) is 5.06. The maximum atomic E-state index is 11.6. The van der Waals surface area contributed by atoms with Crippen LogP contribution in [0.2, 0.25) is 0 Å². The highest BCUT2D eigenvalue weighted by Gasteiger charge is 2.39. The molecule has 1 aliphatic rings. The smallest absolute Gasteiger partial charge is 0.150 e. The Morgan fingerprint density at radius 3 is 2.15 bits per heavy atom. The van der Waals surface area contributed by atoms with E-state index >= 15 is 0 Å². The van der Waals surface area contributed by atoms with E-state index in [4.69, 9.17) is 5.73 Å². The molecule has 1 aliphatic heterocycles. The van der Waals surface area contributed by atoms with Crippen LogP contribution in [0.15, 0.2) is 0 Å². The number of hydrogen-bond donors (Lipinski definition) is 1. The minimum atomic E-state index is -2.86. The lowest BCUT2D eigenvalue weighted by Gasteiger charge is -2.45. The molecule has 0 amide bonds. The zero-order valence-corrected chi connectivity index (χ0v) is 14.2. The van der Waals surface area contributed by atoms with E-state index in [0.29, 0.717) is 6.42 Å². The van der Waals surface area contributed by atoms with Crippen molar-refractivity contribution in [1.82, 2.24) is 4.90 Å². The predicted octanol–water partition coefficient (Wildman–Crippen LogP) is 2.18. The highest BCUT2D eigenvalue weighted by atomic mass is 32.2. The summed E-state index contributed by atoms with van der Waals surface area (Å²) in [6.07, 6.45) is 6.11.